The van der Waals surface area contributed by atoms with E-state index >= 15 is 0 Å². The Balaban J connectivity index is 2.67. The Kier molecular flexibility index (Phi) is 12.0. The molecule has 0 radical (unpaired) electrons. The van der Waals surface area contributed by atoms with Gasteiger partial charge >= 0.3 is 0 Å². The number of hydrogen-bond acceptors (Lipinski definition) is 6. The Morgan fingerprint density at radius 3 is 2.77 bits per heavy atom. The molecule has 0 spiro atoms. The van der Waals surface area contributed by atoms with Crippen molar-refractivity contribution in [3.63, 3.8) is 0 Å². The third-order valence-corrected chi connectivity index (χ3v) is 4.97. The van der Waals surface area contributed by atoms with E-state index < -0.39 is 0 Å². The molecule has 1 fully saturated rings. The first kappa shape index (κ1) is 22.7. The van der Waals surface area contributed by atoms with E-state index in [1.807, 2.05) is 44.5 Å². The summed E-state index contributed by atoms with van der Waals surface area (Å²) in [6.45, 7) is 10.00. The second-order valence-electron chi connectivity index (χ2n) is 6.91. The number of nitrogens with zero attached hydrogens (tertiary/aromatic N) is 4. The van der Waals surface area contributed by atoms with Crippen LogP contribution in [-0.4, -0.2) is 80.9 Å². The van der Waals surface area contributed by atoms with E-state index in [0.29, 0.717) is 6.04 Å². The number of hydrogen-bond donors (Lipinski definition) is 2. The summed E-state index contributed by atoms with van der Waals surface area (Å²) in [5.41, 5.74) is 4.22. The van der Waals surface area contributed by atoms with Gasteiger partial charge in [-0.15, -0.1) is 0 Å². The molecule has 0 aromatic carbocycles. The Labute approximate surface area is 161 Å². The van der Waals surface area contributed by atoms with Crippen molar-refractivity contribution < 1.29 is 0 Å². The summed E-state index contributed by atoms with van der Waals surface area (Å²) in [5, 5.41) is 5.49. The maximum atomic E-state index is 4.37. The van der Waals surface area contributed by atoms with Crippen LogP contribution in [0.3, 0.4) is 0 Å². The van der Waals surface area contributed by atoms with Gasteiger partial charge in [0.05, 0.1) is 11.9 Å². The molecule has 1 rings (SSSR count). The van der Waals surface area contributed by atoms with Gasteiger partial charge in [0.25, 0.3) is 0 Å². The average molecular weight is 365 g/mol. The van der Waals surface area contributed by atoms with Gasteiger partial charge in [-0.25, -0.2) is 5.43 Å². The van der Waals surface area contributed by atoms with Crippen LogP contribution in [0.15, 0.2) is 29.2 Å². The Bertz CT molecular complexity index is 438. The zero-order valence-corrected chi connectivity index (χ0v) is 17.5. The van der Waals surface area contributed by atoms with Gasteiger partial charge in [-0.1, -0.05) is 13.0 Å². The summed E-state index contributed by atoms with van der Waals surface area (Å²) in [5.74, 6) is 0. The molecule has 0 amide bonds. The number of nitrogens with one attached hydrogen (secondary N) is 2. The number of aliphatic imine (C=N–C) groups is 1. The van der Waals surface area contributed by atoms with E-state index in [1.165, 1.54) is 38.8 Å². The first-order chi connectivity index (χ1) is 12.6. The van der Waals surface area contributed by atoms with Crippen molar-refractivity contribution in [3.05, 3.63) is 24.2 Å². The van der Waals surface area contributed by atoms with Crippen molar-refractivity contribution in [2.24, 2.45) is 4.99 Å². The van der Waals surface area contributed by atoms with Crippen LogP contribution in [0.5, 0.6) is 0 Å². The highest BCUT2D eigenvalue weighted by Gasteiger charge is 2.18. The molecule has 0 aliphatic carbocycles. The van der Waals surface area contributed by atoms with Gasteiger partial charge in [0.1, 0.15) is 0 Å². The summed E-state index contributed by atoms with van der Waals surface area (Å²) in [6.07, 6.45) is 12.7. The van der Waals surface area contributed by atoms with Gasteiger partial charge in [-0.2, -0.15) is 0 Å². The molecule has 150 valence electrons. The van der Waals surface area contributed by atoms with E-state index in [1.54, 1.807) is 0 Å². The molecule has 2 N–H and O–H groups in total. The Hall–Kier alpha value is -1.37. The smallest absolute Gasteiger partial charge is 0.0725 e. The number of allylic oxidation sites excluding steroid dienone is 2. The van der Waals surface area contributed by atoms with Crippen LogP contribution in [0.1, 0.15) is 39.5 Å². The van der Waals surface area contributed by atoms with Gasteiger partial charge < -0.3 is 15.2 Å². The highest BCUT2D eigenvalue weighted by Crippen LogP contribution is 2.13. The van der Waals surface area contributed by atoms with Crippen molar-refractivity contribution in [2.45, 2.75) is 45.6 Å². The Morgan fingerprint density at radius 1 is 1.27 bits per heavy atom. The average Bonchev–Trinajstić information content (AvgIpc) is 2.62. The standard InChI is InChI=1S/C20H40N6/c1-6-11-23-17-20(18-25(5)21-3)24(4)15-10-19(7-2)26-14-9-8-12-22-13-16-26/h6,11,17-19,21-22H,7-10,12-16H2,1-5H3/b11-6+,20-18+,23-17-. The van der Waals surface area contributed by atoms with Crippen molar-refractivity contribution >= 4 is 6.21 Å². The first-order valence-electron chi connectivity index (χ1n) is 10.0. The largest absolute Gasteiger partial charge is 0.372 e. The van der Waals surface area contributed by atoms with E-state index in [-0.39, 0.29) is 0 Å². The molecule has 6 nitrogen and oxygen atoms in total. The summed E-state index contributed by atoms with van der Waals surface area (Å²) in [6, 6.07) is 0.646. The third kappa shape index (κ3) is 8.83. The van der Waals surface area contributed by atoms with Crippen molar-refractivity contribution in [2.75, 3.05) is 53.9 Å². The zero-order valence-electron chi connectivity index (χ0n) is 17.5. The highest BCUT2D eigenvalue weighted by molar-refractivity contribution is 5.78. The lowest BCUT2D eigenvalue weighted by Crippen LogP contribution is -2.43. The number of hydrazine groups is 1. The predicted octanol–water partition coefficient (Wildman–Crippen LogP) is 2.28. The van der Waals surface area contributed by atoms with Crippen LogP contribution in [0.25, 0.3) is 0 Å². The molecule has 1 aliphatic rings. The molecular formula is C20H40N6. The lowest BCUT2D eigenvalue weighted by molar-refractivity contribution is 0.162. The SMILES string of the molecule is C/C=C/N=C\C(=C/N(C)NC)N(C)CCC(CC)N1CCCCNCC1. The predicted molar refractivity (Wildman–Crippen MR) is 113 cm³/mol. The molecule has 1 saturated heterocycles. The molecule has 0 aromatic rings. The van der Waals surface area contributed by atoms with Crippen molar-refractivity contribution in [3.8, 4) is 0 Å². The fourth-order valence-corrected chi connectivity index (χ4v) is 3.21. The van der Waals surface area contributed by atoms with Crippen LogP contribution in [0.4, 0.5) is 0 Å². The third-order valence-electron chi connectivity index (χ3n) is 4.97. The lowest BCUT2D eigenvalue weighted by Gasteiger charge is -2.34. The fourth-order valence-electron chi connectivity index (χ4n) is 3.21. The molecule has 0 saturated carbocycles. The molecule has 0 aromatic heterocycles. The fraction of sp³-hybridized carbons (Fsp3) is 0.750. The molecule has 0 bridgehead atoms. The van der Waals surface area contributed by atoms with Gasteiger partial charge in [0.15, 0.2) is 0 Å². The van der Waals surface area contributed by atoms with Crippen LogP contribution < -0.4 is 10.7 Å². The van der Waals surface area contributed by atoms with Crippen LogP contribution >= 0.6 is 0 Å². The summed E-state index contributed by atoms with van der Waals surface area (Å²) in [7, 11) is 6.07. The van der Waals surface area contributed by atoms with Crippen LogP contribution in [0, 0.1) is 0 Å². The van der Waals surface area contributed by atoms with E-state index in [9.17, 15) is 0 Å². The zero-order chi connectivity index (χ0) is 19.2. The summed E-state index contributed by atoms with van der Waals surface area (Å²) >= 11 is 0. The normalized spacial score (nSPS) is 18.9. The maximum absolute atomic E-state index is 4.37. The molecule has 1 aliphatic heterocycles. The van der Waals surface area contributed by atoms with Crippen molar-refractivity contribution in [1.29, 1.82) is 0 Å². The highest BCUT2D eigenvalue weighted by atomic mass is 15.5. The van der Waals surface area contributed by atoms with E-state index in [4.69, 9.17) is 0 Å². The van der Waals surface area contributed by atoms with E-state index in [2.05, 4.69) is 45.7 Å². The lowest BCUT2D eigenvalue weighted by atomic mass is 10.1. The minimum atomic E-state index is 0.646. The van der Waals surface area contributed by atoms with E-state index in [0.717, 1.165) is 25.3 Å². The van der Waals surface area contributed by atoms with Crippen molar-refractivity contribution in [1.82, 2.24) is 25.6 Å². The number of rotatable bonds is 10. The summed E-state index contributed by atoms with van der Waals surface area (Å²) < 4.78 is 0. The topological polar surface area (TPSA) is 46.1 Å². The van der Waals surface area contributed by atoms with Crippen LogP contribution in [-0.2, 0) is 0 Å². The molecular weight excluding hydrogens is 324 g/mol. The first-order valence-corrected chi connectivity index (χ1v) is 10.0. The quantitative estimate of drug-likeness (QED) is 0.460. The Morgan fingerprint density at radius 2 is 2.08 bits per heavy atom. The second kappa shape index (κ2) is 13.8. The van der Waals surface area contributed by atoms with Crippen LogP contribution in [0.2, 0.25) is 0 Å². The van der Waals surface area contributed by atoms with Gasteiger partial charge in [0.2, 0.25) is 0 Å². The van der Waals surface area contributed by atoms with Gasteiger partial charge in [-0.3, -0.25) is 9.89 Å². The molecule has 1 atom stereocenters. The minimum absolute atomic E-state index is 0.646. The molecule has 6 heteroatoms. The van der Waals surface area contributed by atoms with Gasteiger partial charge in [0, 0.05) is 59.2 Å². The second-order valence-corrected chi connectivity index (χ2v) is 6.91. The maximum Gasteiger partial charge on any atom is 0.0725 e. The minimum Gasteiger partial charge on any atom is -0.372 e. The molecule has 1 heterocycles. The molecule has 26 heavy (non-hydrogen) atoms. The summed E-state index contributed by atoms with van der Waals surface area (Å²) in [4.78, 5) is 9.34. The monoisotopic (exact) mass is 364 g/mol. The molecule has 1 unspecified atom stereocenters. The van der Waals surface area contributed by atoms with Gasteiger partial charge in [-0.05, 0) is 45.7 Å².